The van der Waals surface area contributed by atoms with Crippen molar-refractivity contribution in [2.24, 2.45) is 5.41 Å². The number of hydrogen-bond donors (Lipinski definition) is 10. The van der Waals surface area contributed by atoms with Gasteiger partial charge in [0.2, 0.25) is 0 Å². The molecule has 0 aliphatic carbocycles. The van der Waals surface area contributed by atoms with Crippen LogP contribution in [0.4, 0.5) is 0 Å². The van der Waals surface area contributed by atoms with Crippen LogP contribution in [0.3, 0.4) is 0 Å². The highest BCUT2D eigenvalue weighted by molar-refractivity contribution is 5.64. The van der Waals surface area contributed by atoms with E-state index in [1.807, 2.05) is 0 Å². The van der Waals surface area contributed by atoms with Gasteiger partial charge in [-0.2, -0.15) is 0 Å². The van der Waals surface area contributed by atoms with Gasteiger partial charge in [0.25, 0.3) is 35.8 Å². The Morgan fingerprint density at radius 1 is 0.394 bits per heavy atom. The SMILES string of the molecule is CC(=O)O.CC(=O)O.CC(=O)O.CC(=O)O.CC(=O)O.CC(=O)O.OCC(CO)(CO)CO. The van der Waals surface area contributed by atoms with Crippen molar-refractivity contribution < 1.29 is 79.8 Å². The van der Waals surface area contributed by atoms with E-state index in [-0.39, 0.29) is 0 Å². The van der Waals surface area contributed by atoms with Gasteiger partial charge >= 0.3 is 0 Å². The van der Waals surface area contributed by atoms with E-state index in [2.05, 4.69) is 0 Å². The van der Waals surface area contributed by atoms with Gasteiger partial charge in [-0.25, -0.2) is 0 Å². The van der Waals surface area contributed by atoms with E-state index >= 15 is 0 Å². The minimum absolute atomic E-state index is 0.406. The van der Waals surface area contributed by atoms with Crippen molar-refractivity contribution in [2.75, 3.05) is 26.4 Å². The number of aliphatic carboxylic acids is 6. The Morgan fingerprint density at radius 3 is 0.455 bits per heavy atom. The fraction of sp³-hybridized carbons (Fsp3) is 0.647. The van der Waals surface area contributed by atoms with Crippen LogP contribution in [0, 0.1) is 5.41 Å². The molecule has 0 aromatic heterocycles. The van der Waals surface area contributed by atoms with Crippen LogP contribution >= 0.6 is 0 Å². The molecule has 0 unspecified atom stereocenters. The Balaban J connectivity index is -0.0000000496. The van der Waals surface area contributed by atoms with Gasteiger partial charge in [-0.05, 0) is 0 Å². The van der Waals surface area contributed by atoms with Gasteiger partial charge in [0.1, 0.15) is 0 Å². The van der Waals surface area contributed by atoms with Crippen LogP contribution in [-0.2, 0) is 28.8 Å². The van der Waals surface area contributed by atoms with E-state index in [4.69, 9.17) is 79.8 Å². The molecular formula is C17H36O16. The second-order valence-electron chi connectivity index (χ2n) is 5.25. The molecule has 0 bridgehead atoms. The first-order valence-electron chi connectivity index (χ1n) is 8.25. The second kappa shape index (κ2) is 36.1. The molecule has 200 valence electrons. The molecule has 0 spiro atoms. The fourth-order valence-corrected chi connectivity index (χ4v) is 0.300. The summed E-state index contributed by atoms with van der Waals surface area (Å²) < 4.78 is 0. The van der Waals surface area contributed by atoms with Crippen molar-refractivity contribution in [3.63, 3.8) is 0 Å². The van der Waals surface area contributed by atoms with E-state index in [0.29, 0.717) is 0 Å². The number of hydrogen-bond acceptors (Lipinski definition) is 10. The van der Waals surface area contributed by atoms with Crippen molar-refractivity contribution in [1.29, 1.82) is 0 Å². The van der Waals surface area contributed by atoms with E-state index in [1.165, 1.54) is 0 Å². The standard InChI is InChI=1S/C5H12O4.6C2H4O2/c6-1-5(2-7,3-8)4-9;6*1-2(3)4/h6-9H,1-4H2;6*1H3,(H,3,4). The first-order chi connectivity index (χ1) is 14.6. The highest BCUT2D eigenvalue weighted by Gasteiger charge is 2.26. The van der Waals surface area contributed by atoms with Gasteiger partial charge in [0.15, 0.2) is 0 Å². The van der Waals surface area contributed by atoms with Crippen molar-refractivity contribution in [3.05, 3.63) is 0 Å². The van der Waals surface area contributed by atoms with Crippen molar-refractivity contribution in [2.45, 2.75) is 41.5 Å². The van der Waals surface area contributed by atoms with E-state index < -0.39 is 67.7 Å². The Kier molecular flexibility index (Phi) is 51.8. The molecule has 10 N–H and O–H groups in total. The van der Waals surface area contributed by atoms with Crippen LogP contribution in [0.25, 0.3) is 0 Å². The molecule has 0 aliphatic rings. The molecule has 0 aromatic carbocycles. The second-order valence-corrected chi connectivity index (χ2v) is 5.25. The summed E-state index contributed by atoms with van der Waals surface area (Å²) in [6.45, 7) is 4.87. The van der Waals surface area contributed by atoms with Gasteiger partial charge in [-0.3, -0.25) is 28.8 Å². The van der Waals surface area contributed by atoms with Gasteiger partial charge in [0, 0.05) is 41.5 Å². The third-order valence-corrected chi connectivity index (χ3v) is 1.34. The maximum Gasteiger partial charge on any atom is 0.300 e. The molecule has 0 heterocycles. The zero-order chi connectivity index (χ0) is 28.8. The third-order valence-electron chi connectivity index (χ3n) is 1.34. The molecule has 0 rings (SSSR count). The highest BCUT2D eigenvalue weighted by Crippen LogP contribution is 2.11. The zero-order valence-electron chi connectivity index (χ0n) is 19.3. The predicted molar refractivity (Wildman–Crippen MR) is 111 cm³/mol. The molecule has 0 amide bonds. The van der Waals surface area contributed by atoms with Crippen molar-refractivity contribution >= 4 is 35.8 Å². The number of carboxylic acid groups (broad SMARTS) is 6. The number of rotatable bonds is 4. The largest absolute Gasteiger partial charge is 0.481 e. The summed E-state index contributed by atoms with van der Waals surface area (Å²) in [5.74, 6) is -5.00. The molecule has 16 nitrogen and oxygen atoms in total. The van der Waals surface area contributed by atoms with Crippen LogP contribution in [0.1, 0.15) is 41.5 Å². The van der Waals surface area contributed by atoms with Crippen LogP contribution in [0.5, 0.6) is 0 Å². The summed E-state index contributed by atoms with van der Waals surface area (Å²) in [6.07, 6.45) is 0. The maximum absolute atomic E-state index is 9.00. The molecule has 16 heteroatoms. The summed E-state index contributed by atoms with van der Waals surface area (Å²) >= 11 is 0. The smallest absolute Gasteiger partial charge is 0.300 e. The number of aliphatic hydroxyl groups excluding tert-OH is 4. The molecular weight excluding hydrogens is 460 g/mol. The van der Waals surface area contributed by atoms with Crippen molar-refractivity contribution in [3.8, 4) is 0 Å². The van der Waals surface area contributed by atoms with Crippen molar-refractivity contribution in [1.82, 2.24) is 0 Å². The Labute approximate surface area is 190 Å². The van der Waals surface area contributed by atoms with Crippen LogP contribution in [-0.4, -0.2) is 113 Å². The summed E-state index contributed by atoms with van der Waals surface area (Å²) in [5.41, 5.74) is -1.11. The van der Waals surface area contributed by atoms with Gasteiger partial charge in [-0.15, -0.1) is 0 Å². The summed E-state index contributed by atoms with van der Waals surface area (Å²) in [4.78, 5) is 54.0. The molecule has 0 atom stereocenters. The summed E-state index contributed by atoms with van der Waals surface area (Å²) in [7, 11) is 0. The lowest BCUT2D eigenvalue weighted by atomic mass is 9.93. The first kappa shape index (κ1) is 47.4. The lowest BCUT2D eigenvalue weighted by Crippen LogP contribution is -2.37. The minimum atomic E-state index is -1.11. The summed E-state index contributed by atoms with van der Waals surface area (Å²) in [5, 5.41) is 78.5. The number of carbonyl (C=O) groups is 6. The predicted octanol–water partition coefficient (Wildman–Crippen LogP) is -1.51. The molecule has 0 saturated heterocycles. The summed E-state index contributed by atoms with van der Waals surface area (Å²) in [6, 6.07) is 0. The van der Waals surface area contributed by atoms with Gasteiger partial charge in [0.05, 0.1) is 31.8 Å². The first-order valence-corrected chi connectivity index (χ1v) is 8.25. The number of aliphatic hydroxyl groups is 4. The average molecular weight is 496 g/mol. The topological polar surface area (TPSA) is 305 Å². The van der Waals surface area contributed by atoms with Crippen LogP contribution in [0.2, 0.25) is 0 Å². The Bertz CT molecular complexity index is 377. The fourth-order valence-electron chi connectivity index (χ4n) is 0.300. The molecule has 0 radical (unpaired) electrons. The normalized spacial score (nSPS) is 7.82. The molecule has 33 heavy (non-hydrogen) atoms. The van der Waals surface area contributed by atoms with E-state index in [1.54, 1.807) is 0 Å². The lowest BCUT2D eigenvalue weighted by molar-refractivity contribution is -0.135. The Morgan fingerprint density at radius 2 is 0.455 bits per heavy atom. The minimum Gasteiger partial charge on any atom is -0.481 e. The van der Waals surface area contributed by atoms with E-state index in [0.717, 1.165) is 41.5 Å². The van der Waals surface area contributed by atoms with Crippen LogP contribution < -0.4 is 0 Å². The molecule has 0 saturated carbocycles. The van der Waals surface area contributed by atoms with E-state index in [9.17, 15) is 0 Å². The third kappa shape index (κ3) is 272. The van der Waals surface area contributed by atoms with Gasteiger partial charge < -0.3 is 51.1 Å². The maximum atomic E-state index is 9.00. The Hall–Kier alpha value is -3.34. The average Bonchev–Trinajstić information content (AvgIpc) is 2.54. The molecule has 0 aromatic rings. The monoisotopic (exact) mass is 496 g/mol. The zero-order valence-corrected chi connectivity index (χ0v) is 19.3. The molecule has 0 fully saturated rings. The number of carboxylic acids is 6. The van der Waals surface area contributed by atoms with Crippen LogP contribution in [0.15, 0.2) is 0 Å². The van der Waals surface area contributed by atoms with Gasteiger partial charge in [-0.1, -0.05) is 0 Å². The quantitative estimate of drug-likeness (QED) is 0.211. The highest BCUT2D eigenvalue weighted by atomic mass is 16.4. The molecule has 0 aliphatic heterocycles. The lowest BCUT2D eigenvalue weighted by Gasteiger charge is -2.23.